The number of nitrogens with one attached hydrogen (secondary N) is 2. The van der Waals surface area contributed by atoms with Crippen LogP contribution in [0, 0.1) is 0 Å². The predicted octanol–water partition coefficient (Wildman–Crippen LogP) is 0.401. The van der Waals surface area contributed by atoms with Gasteiger partial charge in [-0.1, -0.05) is 0 Å². The van der Waals surface area contributed by atoms with Crippen LogP contribution in [-0.2, 0) is 6.42 Å². The van der Waals surface area contributed by atoms with Crippen LogP contribution < -0.4 is 17.0 Å². The van der Waals surface area contributed by atoms with Crippen molar-refractivity contribution in [1.29, 1.82) is 0 Å². The average molecular weight is 256 g/mol. The van der Waals surface area contributed by atoms with Gasteiger partial charge in [-0.25, -0.2) is 4.98 Å². The number of nitrogen functional groups attached to an aromatic ring is 2. The van der Waals surface area contributed by atoms with E-state index in [1.54, 1.807) is 6.20 Å². The van der Waals surface area contributed by atoms with Gasteiger partial charge in [-0.05, 0) is 17.7 Å². The third-order valence-electron chi connectivity index (χ3n) is 2.90. The third-order valence-corrected chi connectivity index (χ3v) is 2.90. The maximum absolute atomic E-state index is 11.8. The number of nitrogens with zero attached hydrogens (tertiary/aromatic N) is 2. The van der Waals surface area contributed by atoms with Gasteiger partial charge in [0.25, 0.3) is 5.56 Å². The Morgan fingerprint density at radius 3 is 2.95 bits per heavy atom. The molecule has 0 aliphatic heterocycles. The Balaban J connectivity index is 2.03. The minimum absolute atomic E-state index is 0.0189. The fourth-order valence-corrected chi connectivity index (χ4v) is 1.99. The first-order chi connectivity index (χ1) is 9.13. The van der Waals surface area contributed by atoms with E-state index in [2.05, 4.69) is 19.9 Å². The van der Waals surface area contributed by atoms with Crippen LogP contribution in [0.15, 0.2) is 29.3 Å². The lowest BCUT2D eigenvalue weighted by atomic mass is 10.1. The highest BCUT2D eigenvalue weighted by Gasteiger charge is 2.09. The number of fused-ring (bicyclic) bond motifs is 1. The smallest absolute Gasteiger partial charge is 0.257 e. The third kappa shape index (κ3) is 2.01. The standard InChI is InChI=1S/C12H12N6O/c13-9-8(11(19)18-12(14)17-9)4-6-3-7-1-2-15-10(7)16-5-6/h1-3,5H,4H2,(H,15,16)(H5,13,14,17,18,19). The van der Waals surface area contributed by atoms with Gasteiger partial charge in [-0.15, -0.1) is 0 Å². The Morgan fingerprint density at radius 1 is 1.32 bits per heavy atom. The van der Waals surface area contributed by atoms with Gasteiger partial charge < -0.3 is 16.5 Å². The highest BCUT2D eigenvalue weighted by atomic mass is 16.1. The van der Waals surface area contributed by atoms with E-state index in [0.717, 1.165) is 16.6 Å². The number of aromatic amines is 2. The zero-order chi connectivity index (χ0) is 13.4. The SMILES string of the molecule is Nc1nc(N)c(Cc2cnc3[nH]ccc3c2)c(=O)[nH]1. The second-order valence-corrected chi connectivity index (χ2v) is 4.25. The first-order valence-corrected chi connectivity index (χ1v) is 5.69. The van der Waals surface area contributed by atoms with E-state index >= 15 is 0 Å². The lowest BCUT2D eigenvalue weighted by Crippen LogP contribution is -2.19. The van der Waals surface area contributed by atoms with Crippen LogP contribution >= 0.6 is 0 Å². The van der Waals surface area contributed by atoms with Crippen molar-refractivity contribution in [3.63, 3.8) is 0 Å². The number of hydrogen-bond acceptors (Lipinski definition) is 5. The Bertz CT molecular complexity index is 803. The summed E-state index contributed by atoms with van der Waals surface area (Å²) in [5, 5.41) is 0.982. The quantitative estimate of drug-likeness (QED) is 0.528. The first-order valence-electron chi connectivity index (χ1n) is 5.69. The van der Waals surface area contributed by atoms with Crippen molar-refractivity contribution in [3.05, 3.63) is 46.0 Å². The maximum atomic E-state index is 11.8. The van der Waals surface area contributed by atoms with Crippen LogP contribution in [0.4, 0.5) is 11.8 Å². The Labute approximate surface area is 107 Å². The fraction of sp³-hybridized carbons (Fsp3) is 0.0833. The summed E-state index contributed by atoms with van der Waals surface area (Å²) < 4.78 is 0. The molecule has 3 rings (SSSR count). The molecule has 0 spiro atoms. The molecule has 3 aromatic rings. The van der Waals surface area contributed by atoms with Crippen LogP contribution in [0.25, 0.3) is 11.0 Å². The lowest BCUT2D eigenvalue weighted by Gasteiger charge is -2.04. The molecule has 0 saturated carbocycles. The second kappa shape index (κ2) is 4.13. The summed E-state index contributed by atoms with van der Waals surface area (Å²) in [5.41, 5.74) is 12.9. The lowest BCUT2D eigenvalue weighted by molar-refractivity contribution is 1.04. The Morgan fingerprint density at radius 2 is 2.16 bits per heavy atom. The van der Waals surface area contributed by atoms with Gasteiger partial charge in [0.2, 0.25) is 5.95 Å². The molecule has 3 aromatic heterocycles. The predicted molar refractivity (Wildman–Crippen MR) is 72.6 cm³/mol. The summed E-state index contributed by atoms with van der Waals surface area (Å²) in [4.78, 5) is 25.4. The molecule has 0 aliphatic rings. The maximum Gasteiger partial charge on any atom is 0.257 e. The Kier molecular flexibility index (Phi) is 2.45. The van der Waals surface area contributed by atoms with Crippen LogP contribution in [0.2, 0.25) is 0 Å². The molecule has 7 heteroatoms. The highest BCUT2D eigenvalue weighted by molar-refractivity contribution is 5.75. The van der Waals surface area contributed by atoms with Crippen LogP contribution in [-0.4, -0.2) is 19.9 Å². The molecule has 3 heterocycles. The summed E-state index contributed by atoms with van der Waals surface area (Å²) in [7, 11) is 0. The minimum Gasteiger partial charge on any atom is -0.383 e. The Hall–Kier alpha value is -2.83. The molecule has 0 aliphatic carbocycles. The monoisotopic (exact) mass is 256 g/mol. The van der Waals surface area contributed by atoms with Gasteiger partial charge in [0.1, 0.15) is 11.5 Å². The van der Waals surface area contributed by atoms with Gasteiger partial charge in [0.15, 0.2) is 0 Å². The number of rotatable bonds is 2. The number of anilines is 2. The first kappa shape index (κ1) is 11.3. The molecule has 0 aromatic carbocycles. The van der Waals surface area contributed by atoms with Crippen molar-refractivity contribution >= 4 is 22.8 Å². The molecule has 0 unspecified atom stereocenters. The molecular formula is C12H12N6O. The van der Waals surface area contributed by atoms with E-state index in [1.807, 2.05) is 18.3 Å². The van der Waals surface area contributed by atoms with Crippen LogP contribution in [0.5, 0.6) is 0 Å². The van der Waals surface area contributed by atoms with Crippen molar-refractivity contribution in [2.75, 3.05) is 11.5 Å². The van der Waals surface area contributed by atoms with Gasteiger partial charge in [0, 0.05) is 24.2 Å². The van der Waals surface area contributed by atoms with E-state index in [-0.39, 0.29) is 17.3 Å². The van der Waals surface area contributed by atoms with E-state index < -0.39 is 0 Å². The fourth-order valence-electron chi connectivity index (χ4n) is 1.99. The van der Waals surface area contributed by atoms with E-state index in [9.17, 15) is 4.79 Å². The normalized spacial score (nSPS) is 10.9. The summed E-state index contributed by atoms with van der Waals surface area (Å²) >= 11 is 0. The van der Waals surface area contributed by atoms with Crippen molar-refractivity contribution in [2.45, 2.75) is 6.42 Å². The van der Waals surface area contributed by atoms with Crippen LogP contribution in [0.1, 0.15) is 11.1 Å². The summed E-state index contributed by atoms with van der Waals surface area (Å²) in [6.07, 6.45) is 3.88. The highest BCUT2D eigenvalue weighted by Crippen LogP contribution is 2.15. The summed E-state index contributed by atoms with van der Waals surface area (Å²) in [6, 6.07) is 3.87. The molecule has 0 fully saturated rings. The van der Waals surface area contributed by atoms with Gasteiger partial charge >= 0.3 is 0 Å². The van der Waals surface area contributed by atoms with E-state index in [4.69, 9.17) is 11.5 Å². The van der Waals surface area contributed by atoms with Crippen molar-refractivity contribution in [2.24, 2.45) is 0 Å². The molecule has 0 amide bonds. The molecule has 6 N–H and O–H groups in total. The molecule has 0 radical (unpaired) electrons. The van der Waals surface area contributed by atoms with Gasteiger partial charge in [0.05, 0.1) is 5.56 Å². The molecule has 0 saturated heterocycles. The average Bonchev–Trinajstić information content (AvgIpc) is 2.81. The van der Waals surface area contributed by atoms with Crippen molar-refractivity contribution in [3.8, 4) is 0 Å². The minimum atomic E-state index is -0.320. The number of nitrogens with two attached hydrogens (primary N) is 2. The van der Waals surface area contributed by atoms with Gasteiger partial charge in [-0.2, -0.15) is 4.98 Å². The topological polar surface area (TPSA) is 126 Å². The molecule has 0 bridgehead atoms. The second-order valence-electron chi connectivity index (χ2n) is 4.25. The van der Waals surface area contributed by atoms with Gasteiger partial charge in [-0.3, -0.25) is 9.78 Å². The number of hydrogen-bond donors (Lipinski definition) is 4. The largest absolute Gasteiger partial charge is 0.383 e. The molecule has 7 nitrogen and oxygen atoms in total. The number of aromatic nitrogens is 4. The molecular weight excluding hydrogens is 244 g/mol. The number of pyridine rings is 1. The zero-order valence-electron chi connectivity index (χ0n) is 9.97. The summed E-state index contributed by atoms with van der Waals surface area (Å²) in [6.45, 7) is 0. The zero-order valence-corrected chi connectivity index (χ0v) is 9.97. The van der Waals surface area contributed by atoms with Crippen LogP contribution in [0.3, 0.4) is 0 Å². The van der Waals surface area contributed by atoms with Crippen molar-refractivity contribution in [1.82, 2.24) is 19.9 Å². The molecule has 0 atom stereocenters. The number of H-pyrrole nitrogens is 2. The van der Waals surface area contributed by atoms with Crippen molar-refractivity contribution < 1.29 is 0 Å². The van der Waals surface area contributed by atoms with E-state index in [1.165, 1.54) is 0 Å². The molecule has 96 valence electrons. The van der Waals surface area contributed by atoms with E-state index in [0.29, 0.717) is 12.0 Å². The summed E-state index contributed by atoms with van der Waals surface area (Å²) in [5.74, 6) is 0.167. The molecule has 19 heavy (non-hydrogen) atoms.